The van der Waals surface area contributed by atoms with Gasteiger partial charge in [0, 0.05) is 25.2 Å². The maximum atomic E-state index is 15.5. The molecular formula is C20H24F2N2O3S. The Hall–Kier alpha value is -1.90. The second kappa shape index (κ2) is 9.07. The normalized spacial score (nSPS) is 21.4. The number of hydrogen-bond acceptors (Lipinski definition) is 5. The number of thioether (sulfide) groups is 1. The lowest BCUT2D eigenvalue weighted by atomic mass is 10.0. The third kappa shape index (κ3) is 4.24. The van der Waals surface area contributed by atoms with Crippen LogP contribution in [0.1, 0.15) is 19.4 Å². The fourth-order valence-corrected chi connectivity index (χ4v) is 4.57. The summed E-state index contributed by atoms with van der Waals surface area (Å²) in [6, 6.07) is 6.11. The van der Waals surface area contributed by atoms with E-state index in [1.165, 1.54) is 30.8 Å². The Morgan fingerprint density at radius 2 is 2.04 bits per heavy atom. The SMILES string of the molecule is CCSC1=C(C(=O)O)C(C)=C(F)C(N2CCOCC2)N1Cc1cccc(F)c1. The predicted octanol–water partition coefficient (Wildman–Crippen LogP) is 3.59. The molecule has 1 fully saturated rings. The number of aliphatic carboxylic acids is 1. The molecule has 0 aliphatic carbocycles. The van der Waals surface area contributed by atoms with Crippen LogP contribution in [0.2, 0.25) is 0 Å². The fraction of sp³-hybridized carbons (Fsp3) is 0.450. The summed E-state index contributed by atoms with van der Waals surface area (Å²) >= 11 is 1.37. The Balaban J connectivity index is 2.09. The fourth-order valence-electron chi connectivity index (χ4n) is 3.58. The van der Waals surface area contributed by atoms with Gasteiger partial charge in [-0.1, -0.05) is 19.1 Å². The van der Waals surface area contributed by atoms with Crippen LogP contribution in [0.3, 0.4) is 0 Å². The van der Waals surface area contributed by atoms with E-state index in [0.717, 1.165) is 0 Å². The van der Waals surface area contributed by atoms with E-state index in [9.17, 15) is 14.3 Å². The van der Waals surface area contributed by atoms with Crippen LogP contribution >= 0.6 is 11.8 Å². The van der Waals surface area contributed by atoms with Gasteiger partial charge in [0.15, 0.2) is 0 Å². The number of ether oxygens (including phenoxy) is 1. The summed E-state index contributed by atoms with van der Waals surface area (Å²) in [5, 5.41) is 10.3. The van der Waals surface area contributed by atoms with Crippen molar-refractivity contribution in [2.24, 2.45) is 0 Å². The molecule has 2 aliphatic heterocycles. The number of rotatable bonds is 6. The Morgan fingerprint density at radius 1 is 1.32 bits per heavy atom. The number of benzene rings is 1. The highest BCUT2D eigenvalue weighted by molar-refractivity contribution is 8.03. The van der Waals surface area contributed by atoms with E-state index in [2.05, 4.69) is 0 Å². The second-order valence-corrected chi connectivity index (χ2v) is 7.92. The highest BCUT2D eigenvalue weighted by Crippen LogP contribution is 2.40. The van der Waals surface area contributed by atoms with Crippen LogP contribution in [-0.2, 0) is 16.1 Å². The lowest BCUT2D eigenvalue weighted by Gasteiger charge is -2.45. The summed E-state index contributed by atoms with van der Waals surface area (Å²) in [5.74, 6) is -1.38. The first-order valence-corrected chi connectivity index (χ1v) is 10.2. The minimum atomic E-state index is -1.16. The quantitative estimate of drug-likeness (QED) is 0.774. The predicted molar refractivity (Wildman–Crippen MR) is 105 cm³/mol. The molecule has 28 heavy (non-hydrogen) atoms. The number of nitrogens with zero attached hydrogens (tertiary/aromatic N) is 2. The van der Waals surface area contributed by atoms with E-state index >= 15 is 4.39 Å². The molecule has 1 aromatic carbocycles. The van der Waals surface area contributed by atoms with Gasteiger partial charge in [0.1, 0.15) is 17.8 Å². The van der Waals surface area contributed by atoms with Crippen molar-refractivity contribution < 1.29 is 23.4 Å². The first kappa shape index (κ1) is 20.8. The molecule has 1 N–H and O–H groups in total. The summed E-state index contributed by atoms with van der Waals surface area (Å²) in [6.07, 6.45) is -0.732. The van der Waals surface area contributed by atoms with Crippen molar-refractivity contribution in [1.29, 1.82) is 0 Å². The first-order chi connectivity index (χ1) is 13.4. The monoisotopic (exact) mass is 410 g/mol. The molecule has 0 radical (unpaired) electrons. The summed E-state index contributed by atoms with van der Waals surface area (Å²) in [7, 11) is 0. The second-order valence-electron chi connectivity index (χ2n) is 6.67. The molecule has 152 valence electrons. The molecule has 0 spiro atoms. The Kier molecular flexibility index (Phi) is 6.74. The van der Waals surface area contributed by atoms with Crippen LogP contribution < -0.4 is 0 Å². The van der Waals surface area contributed by atoms with Gasteiger partial charge < -0.3 is 14.7 Å². The van der Waals surface area contributed by atoms with Gasteiger partial charge in [0.2, 0.25) is 0 Å². The van der Waals surface area contributed by atoms with Crippen molar-refractivity contribution in [3.8, 4) is 0 Å². The molecule has 0 amide bonds. The van der Waals surface area contributed by atoms with E-state index < -0.39 is 18.0 Å². The van der Waals surface area contributed by atoms with Gasteiger partial charge in [-0.15, -0.1) is 11.8 Å². The summed E-state index contributed by atoms with van der Waals surface area (Å²) < 4.78 is 34.6. The third-order valence-electron chi connectivity index (χ3n) is 4.86. The summed E-state index contributed by atoms with van der Waals surface area (Å²) in [6.45, 7) is 5.70. The Labute approximate surface area is 167 Å². The molecule has 3 rings (SSSR count). The molecule has 2 aliphatic rings. The van der Waals surface area contributed by atoms with Crippen LogP contribution in [0.25, 0.3) is 0 Å². The summed E-state index contributed by atoms with van der Waals surface area (Å²) in [5.41, 5.74) is 0.783. The van der Waals surface area contributed by atoms with E-state index in [-0.39, 0.29) is 23.5 Å². The van der Waals surface area contributed by atoms with E-state index in [0.29, 0.717) is 42.6 Å². The van der Waals surface area contributed by atoms with E-state index in [1.807, 2.05) is 11.8 Å². The maximum Gasteiger partial charge on any atom is 0.338 e. The standard InChI is InChI=1S/C20H24F2N2O3S/c1-3-28-19-16(20(25)26)13(2)17(22)18(23-7-9-27-10-8-23)24(19)12-14-5-4-6-15(21)11-14/h4-6,11,18H,3,7-10,12H2,1-2H3,(H,25,26). The van der Waals surface area contributed by atoms with Crippen molar-refractivity contribution in [2.45, 2.75) is 26.6 Å². The molecule has 0 saturated carbocycles. The average Bonchev–Trinajstić information content (AvgIpc) is 2.66. The van der Waals surface area contributed by atoms with Gasteiger partial charge in [-0.25, -0.2) is 13.6 Å². The van der Waals surface area contributed by atoms with Gasteiger partial charge >= 0.3 is 5.97 Å². The third-order valence-corrected chi connectivity index (χ3v) is 5.86. The highest BCUT2D eigenvalue weighted by Gasteiger charge is 2.40. The molecule has 1 unspecified atom stereocenters. The van der Waals surface area contributed by atoms with E-state index in [1.54, 1.807) is 17.0 Å². The van der Waals surface area contributed by atoms with Crippen LogP contribution in [0.4, 0.5) is 8.78 Å². The van der Waals surface area contributed by atoms with Gasteiger partial charge in [-0.2, -0.15) is 0 Å². The van der Waals surface area contributed by atoms with Crippen molar-refractivity contribution >= 4 is 17.7 Å². The largest absolute Gasteiger partial charge is 0.478 e. The topological polar surface area (TPSA) is 53.0 Å². The molecule has 2 heterocycles. The zero-order valence-electron chi connectivity index (χ0n) is 16.0. The lowest BCUT2D eigenvalue weighted by Crippen LogP contribution is -2.53. The van der Waals surface area contributed by atoms with Crippen molar-refractivity contribution in [3.05, 3.63) is 57.6 Å². The minimum absolute atomic E-state index is 0.0229. The number of carbonyl (C=O) groups is 1. The van der Waals surface area contributed by atoms with Crippen LogP contribution in [0, 0.1) is 5.82 Å². The molecule has 0 aromatic heterocycles. The molecule has 8 heteroatoms. The first-order valence-electron chi connectivity index (χ1n) is 9.24. The van der Waals surface area contributed by atoms with Gasteiger partial charge in [0.05, 0.1) is 23.8 Å². The zero-order valence-corrected chi connectivity index (χ0v) is 16.8. The van der Waals surface area contributed by atoms with Gasteiger partial charge in [-0.05, 0) is 30.4 Å². The lowest BCUT2D eigenvalue weighted by molar-refractivity contribution is -0.132. The summed E-state index contributed by atoms with van der Waals surface area (Å²) in [4.78, 5) is 15.6. The molecule has 1 aromatic rings. The van der Waals surface area contributed by atoms with Gasteiger partial charge in [0.25, 0.3) is 0 Å². The van der Waals surface area contributed by atoms with Crippen molar-refractivity contribution in [3.63, 3.8) is 0 Å². The van der Waals surface area contributed by atoms with Crippen molar-refractivity contribution in [1.82, 2.24) is 9.80 Å². The van der Waals surface area contributed by atoms with Crippen LogP contribution in [-0.4, -0.2) is 59.1 Å². The number of carboxylic acid groups (broad SMARTS) is 1. The molecular weight excluding hydrogens is 386 g/mol. The number of morpholine rings is 1. The molecule has 0 bridgehead atoms. The number of hydrogen-bond donors (Lipinski definition) is 1. The molecule has 5 nitrogen and oxygen atoms in total. The van der Waals surface area contributed by atoms with Crippen LogP contribution in [0.5, 0.6) is 0 Å². The molecule has 1 saturated heterocycles. The Morgan fingerprint density at radius 3 is 2.64 bits per heavy atom. The average molecular weight is 410 g/mol. The highest BCUT2D eigenvalue weighted by atomic mass is 32.2. The maximum absolute atomic E-state index is 15.5. The van der Waals surface area contributed by atoms with Crippen LogP contribution in [0.15, 0.2) is 46.3 Å². The van der Waals surface area contributed by atoms with E-state index in [4.69, 9.17) is 4.74 Å². The molecule has 1 atom stereocenters. The minimum Gasteiger partial charge on any atom is -0.478 e. The zero-order chi connectivity index (χ0) is 20.3. The van der Waals surface area contributed by atoms with Gasteiger partial charge in [-0.3, -0.25) is 4.90 Å². The van der Waals surface area contributed by atoms with Crippen molar-refractivity contribution in [2.75, 3.05) is 32.1 Å². The number of halogens is 2. The number of carboxylic acids is 1. The smallest absolute Gasteiger partial charge is 0.338 e. The Bertz CT molecular complexity index is 806.